The van der Waals surface area contributed by atoms with Crippen LogP contribution in [0.25, 0.3) is 0 Å². The van der Waals surface area contributed by atoms with Crippen molar-refractivity contribution in [1.82, 2.24) is 5.43 Å². The fourth-order valence-corrected chi connectivity index (χ4v) is 2.48. The molecule has 4 nitrogen and oxygen atoms in total. The summed E-state index contributed by atoms with van der Waals surface area (Å²) in [5.74, 6) is 1.00. The van der Waals surface area contributed by atoms with Gasteiger partial charge in [0.05, 0.1) is 12.8 Å². The highest BCUT2D eigenvalue weighted by molar-refractivity contribution is 7.11. The fourth-order valence-electron chi connectivity index (χ4n) is 1.70. The first-order valence-corrected chi connectivity index (χ1v) is 8.04. The summed E-state index contributed by atoms with van der Waals surface area (Å²) in [4.78, 5) is 13.0. The first-order chi connectivity index (χ1) is 10.6. The maximum atomic E-state index is 12.0. The first-order valence-electron chi connectivity index (χ1n) is 7.16. The van der Waals surface area contributed by atoms with Gasteiger partial charge in [-0.2, -0.15) is 5.10 Å². The lowest BCUT2D eigenvalue weighted by molar-refractivity contribution is 0.0955. The van der Waals surface area contributed by atoms with E-state index in [0.29, 0.717) is 18.1 Å². The van der Waals surface area contributed by atoms with Crippen molar-refractivity contribution in [3.05, 3.63) is 51.7 Å². The minimum atomic E-state index is -0.235. The summed E-state index contributed by atoms with van der Waals surface area (Å²) in [7, 11) is 0. The zero-order valence-electron chi connectivity index (χ0n) is 13.0. The summed E-state index contributed by atoms with van der Waals surface area (Å²) in [5.41, 5.74) is 4.23. The molecule has 0 aliphatic carbocycles. The van der Waals surface area contributed by atoms with Gasteiger partial charge in [-0.25, -0.2) is 5.43 Å². The molecule has 1 heterocycles. The number of amides is 1. The van der Waals surface area contributed by atoms with Crippen LogP contribution in [0.5, 0.6) is 5.75 Å². The van der Waals surface area contributed by atoms with E-state index in [2.05, 4.69) is 24.4 Å². The van der Waals surface area contributed by atoms with Crippen LogP contribution in [0.15, 0.2) is 40.8 Å². The molecule has 1 amide bonds. The van der Waals surface area contributed by atoms with Crippen molar-refractivity contribution in [3.63, 3.8) is 0 Å². The number of hydrogen-bond acceptors (Lipinski definition) is 4. The monoisotopic (exact) mass is 316 g/mol. The molecule has 0 fully saturated rings. The van der Waals surface area contributed by atoms with E-state index in [0.717, 1.165) is 16.2 Å². The minimum Gasteiger partial charge on any atom is -0.493 e. The molecule has 0 aliphatic rings. The number of aryl methyl sites for hydroxylation is 1. The van der Waals surface area contributed by atoms with Gasteiger partial charge in [0.1, 0.15) is 5.75 Å². The van der Waals surface area contributed by atoms with Crippen LogP contribution in [-0.2, 0) is 0 Å². The zero-order chi connectivity index (χ0) is 15.9. The van der Waals surface area contributed by atoms with Crippen LogP contribution in [0.1, 0.15) is 34.6 Å². The number of nitrogens with zero attached hydrogens (tertiary/aromatic N) is 1. The Balaban J connectivity index is 1.90. The van der Waals surface area contributed by atoms with E-state index < -0.39 is 0 Å². The van der Waals surface area contributed by atoms with Crippen molar-refractivity contribution in [3.8, 4) is 5.75 Å². The highest BCUT2D eigenvalue weighted by Gasteiger charge is 2.05. The molecule has 0 atom stereocenters. The second-order valence-corrected chi connectivity index (χ2v) is 6.34. The van der Waals surface area contributed by atoms with Crippen LogP contribution < -0.4 is 10.2 Å². The smallest absolute Gasteiger partial charge is 0.271 e. The lowest BCUT2D eigenvalue weighted by atomic mass is 10.2. The van der Waals surface area contributed by atoms with E-state index in [4.69, 9.17) is 4.74 Å². The van der Waals surface area contributed by atoms with Gasteiger partial charge in [-0.3, -0.25) is 4.79 Å². The number of nitrogens with one attached hydrogen (secondary N) is 1. The van der Waals surface area contributed by atoms with Gasteiger partial charge in [0.2, 0.25) is 0 Å². The van der Waals surface area contributed by atoms with E-state index in [1.165, 1.54) is 0 Å². The maximum Gasteiger partial charge on any atom is 0.271 e. The lowest BCUT2D eigenvalue weighted by Crippen LogP contribution is -2.17. The summed E-state index contributed by atoms with van der Waals surface area (Å²) >= 11 is 1.59. The van der Waals surface area contributed by atoms with Crippen molar-refractivity contribution in [2.24, 2.45) is 11.0 Å². The van der Waals surface area contributed by atoms with Crippen LogP contribution in [-0.4, -0.2) is 18.7 Å². The Morgan fingerprint density at radius 1 is 1.32 bits per heavy atom. The van der Waals surface area contributed by atoms with Crippen molar-refractivity contribution < 1.29 is 9.53 Å². The van der Waals surface area contributed by atoms with Gasteiger partial charge < -0.3 is 4.74 Å². The SMILES string of the molecule is Cc1ccsc1C=NNC(=O)c1ccc(OCC(C)C)cc1. The molecule has 2 aromatic rings. The second kappa shape index (κ2) is 7.75. The molecular formula is C17H20N2O2S. The van der Waals surface area contributed by atoms with E-state index in [1.54, 1.807) is 41.8 Å². The summed E-state index contributed by atoms with van der Waals surface area (Å²) in [6, 6.07) is 9.08. The standard InChI is InChI=1S/C17H20N2O2S/c1-12(2)11-21-15-6-4-14(5-7-15)17(20)19-18-10-16-13(3)8-9-22-16/h4-10,12H,11H2,1-3H3,(H,19,20). The van der Waals surface area contributed by atoms with E-state index in [1.807, 2.05) is 18.4 Å². The van der Waals surface area contributed by atoms with Gasteiger partial charge in [0.15, 0.2) is 0 Å². The molecule has 0 bridgehead atoms. The third-order valence-corrected chi connectivity index (χ3v) is 3.90. The summed E-state index contributed by atoms with van der Waals surface area (Å²) in [6.07, 6.45) is 1.66. The molecule has 116 valence electrons. The van der Waals surface area contributed by atoms with Crippen LogP contribution in [0.3, 0.4) is 0 Å². The maximum absolute atomic E-state index is 12.0. The number of hydrogen-bond donors (Lipinski definition) is 1. The molecule has 0 spiro atoms. The number of benzene rings is 1. The molecule has 2 rings (SSSR count). The lowest BCUT2D eigenvalue weighted by Gasteiger charge is -2.08. The van der Waals surface area contributed by atoms with Gasteiger partial charge >= 0.3 is 0 Å². The van der Waals surface area contributed by atoms with E-state index in [-0.39, 0.29) is 5.91 Å². The van der Waals surface area contributed by atoms with Gasteiger partial charge in [0.25, 0.3) is 5.91 Å². The molecule has 0 saturated heterocycles. The number of carbonyl (C=O) groups is 1. The predicted molar refractivity (Wildman–Crippen MR) is 90.9 cm³/mol. The number of rotatable bonds is 6. The van der Waals surface area contributed by atoms with Crippen LogP contribution in [0, 0.1) is 12.8 Å². The predicted octanol–water partition coefficient (Wildman–Crippen LogP) is 3.86. The topological polar surface area (TPSA) is 50.7 Å². The van der Waals surface area contributed by atoms with Crippen molar-refractivity contribution in [2.45, 2.75) is 20.8 Å². The van der Waals surface area contributed by atoms with Gasteiger partial charge in [-0.1, -0.05) is 13.8 Å². The molecule has 1 N–H and O–H groups in total. The Morgan fingerprint density at radius 3 is 2.64 bits per heavy atom. The Labute approximate surface area is 134 Å². The molecule has 5 heteroatoms. The number of carbonyl (C=O) groups excluding carboxylic acids is 1. The third-order valence-electron chi connectivity index (χ3n) is 2.95. The first kappa shape index (κ1) is 16.2. The number of thiophene rings is 1. The number of hydrazone groups is 1. The van der Waals surface area contributed by atoms with E-state index >= 15 is 0 Å². The zero-order valence-corrected chi connectivity index (χ0v) is 13.8. The van der Waals surface area contributed by atoms with Crippen LogP contribution >= 0.6 is 11.3 Å². The molecule has 22 heavy (non-hydrogen) atoms. The van der Waals surface area contributed by atoms with Gasteiger partial charge in [0, 0.05) is 10.4 Å². The number of ether oxygens (including phenoxy) is 1. The van der Waals surface area contributed by atoms with Crippen molar-refractivity contribution in [2.75, 3.05) is 6.61 Å². The molecule has 0 aliphatic heterocycles. The van der Waals surface area contributed by atoms with Crippen LogP contribution in [0.4, 0.5) is 0 Å². The quantitative estimate of drug-likeness (QED) is 0.650. The molecule has 1 aromatic heterocycles. The van der Waals surface area contributed by atoms with Crippen LogP contribution in [0.2, 0.25) is 0 Å². The fraction of sp³-hybridized carbons (Fsp3) is 0.294. The Morgan fingerprint density at radius 2 is 2.05 bits per heavy atom. The molecule has 0 unspecified atom stereocenters. The molecule has 0 saturated carbocycles. The Hall–Kier alpha value is -2.14. The minimum absolute atomic E-state index is 0.235. The normalized spacial score (nSPS) is 11.1. The molecule has 1 aromatic carbocycles. The van der Waals surface area contributed by atoms with Gasteiger partial charge in [-0.05, 0) is 54.1 Å². The summed E-state index contributed by atoms with van der Waals surface area (Å²) in [6.45, 7) is 6.86. The van der Waals surface area contributed by atoms with E-state index in [9.17, 15) is 4.79 Å². The molecular weight excluding hydrogens is 296 g/mol. The summed E-state index contributed by atoms with van der Waals surface area (Å²) < 4.78 is 5.59. The molecule has 0 radical (unpaired) electrons. The highest BCUT2D eigenvalue weighted by Crippen LogP contribution is 2.14. The Kier molecular flexibility index (Phi) is 5.72. The largest absolute Gasteiger partial charge is 0.493 e. The third kappa shape index (κ3) is 4.70. The summed E-state index contributed by atoms with van der Waals surface area (Å²) in [5, 5.41) is 5.98. The highest BCUT2D eigenvalue weighted by atomic mass is 32.1. The second-order valence-electron chi connectivity index (χ2n) is 5.40. The Bertz CT molecular complexity index is 645. The average Bonchev–Trinajstić information content (AvgIpc) is 2.91. The van der Waals surface area contributed by atoms with Crippen molar-refractivity contribution >= 4 is 23.5 Å². The van der Waals surface area contributed by atoms with Gasteiger partial charge in [-0.15, -0.1) is 11.3 Å². The average molecular weight is 316 g/mol. The van der Waals surface area contributed by atoms with Crippen molar-refractivity contribution in [1.29, 1.82) is 0 Å².